The lowest BCUT2D eigenvalue weighted by atomic mass is 10.1. The summed E-state index contributed by atoms with van der Waals surface area (Å²) in [5.41, 5.74) is 2.08. The summed E-state index contributed by atoms with van der Waals surface area (Å²) in [5.74, 6) is -1.30. The lowest BCUT2D eigenvalue weighted by Crippen LogP contribution is -2.36. The third-order valence-electron chi connectivity index (χ3n) is 5.51. The molecule has 0 unspecified atom stereocenters. The smallest absolute Gasteiger partial charge is 0.251 e. The second-order valence-electron chi connectivity index (χ2n) is 7.81. The van der Waals surface area contributed by atoms with Crippen LogP contribution in [0.3, 0.4) is 0 Å². The van der Waals surface area contributed by atoms with E-state index in [4.69, 9.17) is 0 Å². The molecule has 1 aliphatic heterocycles. The number of carbonyl (C=O) groups excluding carboxylic acids is 1. The molecule has 2 heterocycles. The molecule has 1 aromatic heterocycles. The van der Waals surface area contributed by atoms with Gasteiger partial charge in [-0.25, -0.2) is 12.8 Å². The number of nitrogens with zero attached hydrogens (tertiary/aromatic N) is 3. The van der Waals surface area contributed by atoms with Gasteiger partial charge in [-0.3, -0.25) is 9.48 Å². The molecule has 1 aliphatic rings. The topological polar surface area (TPSA) is 84.3 Å². The van der Waals surface area contributed by atoms with Gasteiger partial charge in [-0.05, 0) is 48.2 Å². The van der Waals surface area contributed by atoms with Gasteiger partial charge < -0.3 is 5.32 Å². The van der Waals surface area contributed by atoms with Crippen molar-refractivity contribution in [1.29, 1.82) is 0 Å². The van der Waals surface area contributed by atoms with Crippen LogP contribution in [0.5, 0.6) is 0 Å². The van der Waals surface area contributed by atoms with Gasteiger partial charge in [-0.2, -0.15) is 9.40 Å². The van der Waals surface area contributed by atoms with Gasteiger partial charge >= 0.3 is 0 Å². The first-order valence-electron chi connectivity index (χ1n) is 10.6. The van der Waals surface area contributed by atoms with Crippen molar-refractivity contribution < 1.29 is 17.6 Å². The molecule has 0 bridgehead atoms. The van der Waals surface area contributed by atoms with Crippen LogP contribution >= 0.6 is 0 Å². The number of hydrogen-bond acceptors (Lipinski definition) is 4. The number of benzene rings is 2. The second kappa shape index (κ2) is 9.62. The molecule has 168 valence electrons. The Morgan fingerprint density at radius 2 is 1.75 bits per heavy atom. The minimum atomic E-state index is -3.97. The molecule has 0 radical (unpaired) electrons. The molecule has 0 aliphatic carbocycles. The zero-order valence-electron chi connectivity index (χ0n) is 17.6. The van der Waals surface area contributed by atoms with Crippen molar-refractivity contribution >= 4 is 15.9 Å². The van der Waals surface area contributed by atoms with E-state index in [0.29, 0.717) is 19.6 Å². The summed E-state index contributed by atoms with van der Waals surface area (Å²) in [5, 5.41) is 6.94. The number of sulfonamides is 1. The normalized spacial score (nSPS) is 14.9. The first-order valence-corrected chi connectivity index (χ1v) is 12.0. The van der Waals surface area contributed by atoms with Crippen molar-refractivity contribution in [3.63, 3.8) is 0 Å². The molecule has 0 atom stereocenters. The van der Waals surface area contributed by atoms with E-state index in [1.54, 1.807) is 6.20 Å². The fraction of sp³-hybridized carbons (Fsp3) is 0.304. The van der Waals surface area contributed by atoms with Gasteiger partial charge in [0.15, 0.2) is 0 Å². The molecule has 9 heteroatoms. The maximum atomic E-state index is 14.4. The fourth-order valence-electron chi connectivity index (χ4n) is 3.71. The lowest BCUT2D eigenvalue weighted by Gasteiger charge is -2.26. The van der Waals surface area contributed by atoms with Gasteiger partial charge in [0.1, 0.15) is 10.7 Å². The van der Waals surface area contributed by atoms with E-state index in [2.05, 4.69) is 10.4 Å². The summed E-state index contributed by atoms with van der Waals surface area (Å²) in [6.07, 6.45) is 6.07. The Hall–Kier alpha value is -3.04. The van der Waals surface area contributed by atoms with Crippen molar-refractivity contribution in [3.8, 4) is 0 Å². The minimum Gasteiger partial charge on any atom is -0.348 e. The van der Waals surface area contributed by atoms with E-state index in [1.165, 1.54) is 10.4 Å². The zero-order valence-corrected chi connectivity index (χ0v) is 18.4. The Morgan fingerprint density at radius 3 is 2.44 bits per heavy atom. The number of rotatable bonds is 7. The monoisotopic (exact) mass is 456 g/mol. The molecule has 1 amide bonds. The van der Waals surface area contributed by atoms with Crippen LogP contribution in [0.4, 0.5) is 4.39 Å². The number of hydrogen-bond donors (Lipinski definition) is 1. The fourth-order valence-corrected chi connectivity index (χ4v) is 5.32. The predicted octanol–water partition coefficient (Wildman–Crippen LogP) is 3.18. The Morgan fingerprint density at radius 1 is 1.03 bits per heavy atom. The van der Waals surface area contributed by atoms with Gasteiger partial charge in [0.25, 0.3) is 5.91 Å². The first-order chi connectivity index (χ1) is 15.4. The highest BCUT2D eigenvalue weighted by molar-refractivity contribution is 7.89. The van der Waals surface area contributed by atoms with Crippen molar-refractivity contribution in [1.82, 2.24) is 19.4 Å². The van der Waals surface area contributed by atoms with Crippen molar-refractivity contribution in [2.75, 3.05) is 13.1 Å². The quantitative estimate of drug-likeness (QED) is 0.592. The average Bonchev–Trinajstić information content (AvgIpc) is 3.32. The van der Waals surface area contributed by atoms with Crippen LogP contribution in [0.25, 0.3) is 0 Å². The molecule has 0 spiro atoms. The van der Waals surface area contributed by atoms with Crippen LogP contribution in [0.1, 0.15) is 40.7 Å². The highest BCUT2D eigenvalue weighted by Crippen LogP contribution is 2.24. The van der Waals surface area contributed by atoms with Crippen LogP contribution < -0.4 is 5.32 Å². The largest absolute Gasteiger partial charge is 0.348 e. The van der Waals surface area contributed by atoms with Crippen LogP contribution in [0.15, 0.2) is 65.8 Å². The molecule has 1 fully saturated rings. The molecule has 1 N–H and O–H groups in total. The molecule has 32 heavy (non-hydrogen) atoms. The molecule has 7 nitrogen and oxygen atoms in total. The third kappa shape index (κ3) is 5.05. The van der Waals surface area contributed by atoms with E-state index in [-0.39, 0.29) is 12.1 Å². The summed E-state index contributed by atoms with van der Waals surface area (Å²) < 4.78 is 43.2. The summed E-state index contributed by atoms with van der Waals surface area (Å²) in [7, 11) is -3.97. The van der Waals surface area contributed by atoms with Crippen LogP contribution in [-0.4, -0.2) is 41.5 Å². The SMILES string of the molecule is O=C(NCc1ccc(Cn2cccn2)cc1)c1ccc(F)c(S(=O)(=O)N2CCCCC2)c1. The molecule has 2 aromatic carbocycles. The molecule has 1 saturated heterocycles. The number of amides is 1. The Kier molecular flexibility index (Phi) is 6.66. The summed E-state index contributed by atoms with van der Waals surface area (Å²) in [6.45, 7) is 1.67. The van der Waals surface area contributed by atoms with Crippen molar-refractivity contribution in [3.05, 3.63) is 83.4 Å². The highest BCUT2D eigenvalue weighted by Gasteiger charge is 2.29. The van der Waals surface area contributed by atoms with E-state index >= 15 is 0 Å². The number of piperidine rings is 1. The molecular formula is C23H25FN4O3S. The standard InChI is InChI=1S/C23H25FN4O3S/c24-21-10-9-20(15-22(21)32(30,31)28-13-2-1-3-14-28)23(29)25-16-18-5-7-19(8-6-18)17-27-12-4-11-26-27/h4-12,15H,1-3,13-14,16-17H2,(H,25,29). The summed E-state index contributed by atoms with van der Waals surface area (Å²) in [4.78, 5) is 12.2. The van der Waals surface area contributed by atoms with Gasteiger partial charge in [0, 0.05) is 37.6 Å². The summed E-state index contributed by atoms with van der Waals surface area (Å²) >= 11 is 0. The van der Waals surface area contributed by atoms with Crippen LogP contribution in [0.2, 0.25) is 0 Å². The maximum Gasteiger partial charge on any atom is 0.251 e. The van der Waals surface area contributed by atoms with Crippen LogP contribution in [0, 0.1) is 5.82 Å². The number of nitrogens with one attached hydrogen (secondary N) is 1. The highest BCUT2D eigenvalue weighted by atomic mass is 32.2. The first kappa shape index (κ1) is 22.2. The maximum absolute atomic E-state index is 14.4. The average molecular weight is 457 g/mol. The van der Waals surface area contributed by atoms with E-state index in [9.17, 15) is 17.6 Å². The Labute approximate surface area is 186 Å². The van der Waals surface area contributed by atoms with E-state index in [1.807, 2.05) is 41.2 Å². The van der Waals surface area contributed by atoms with Gasteiger partial charge in [0.05, 0.1) is 6.54 Å². The number of halogens is 1. The van der Waals surface area contributed by atoms with Gasteiger partial charge in [0.2, 0.25) is 10.0 Å². The van der Waals surface area contributed by atoms with E-state index < -0.39 is 26.6 Å². The molecular weight excluding hydrogens is 431 g/mol. The van der Waals surface area contributed by atoms with E-state index in [0.717, 1.165) is 42.5 Å². The number of carbonyl (C=O) groups is 1. The Bertz CT molecular complexity index is 1170. The predicted molar refractivity (Wildman–Crippen MR) is 118 cm³/mol. The molecule has 4 rings (SSSR count). The van der Waals surface area contributed by atoms with Crippen molar-refractivity contribution in [2.45, 2.75) is 37.2 Å². The van der Waals surface area contributed by atoms with Crippen LogP contribution in [-0.2, 0) is 23.1 Å². The lowest BCUT2D eigenvalue weighted by molar-refractivity contribution is 0.0950. The third-order valence-corrected chi connectivity index (χ3v) is 7.42. The number of aromatic nitrogens is 2. The van der Waals surface area contributed by atoms with Gasteiger partial charge in [-0.1, -0.05) is 30.7 Å². The summed E-state index contributed by atoms with van der Waals surface area (Å²) in [6, 6.07) is 13.1. The minimum absolute atomic E-state index is 0.109. The van der Waals surface area contributed by atoms with Gasteiger partial charge in [-0.15, -0.1) is 0 Å². The second-order valence-corrected chi connectivity index (χ2v) is 9.72. The molecule has 0 saturated carbocycles. The Balaban J connectivity index is 1.42. The molecule has 3 aromatic rings. The van der Waals surface area contributed by atoms with Crippen molar-refractivity contribution in [2.24, 2.45) is 0 Å². The zero-order chi connectivity index (χ0) is 22.6.